The highest BCUT2D eigenvalue weighted by molar-refractivity contribution is 7.80. The second-order valence-corrected chi connectivity index (χ2v) is 5.20. The summed E-state index contributed by atoms with van der Waals surface area (Å²) >= 11 is 5.10. The summed E-state index contributed by atoms with van der Waals surface area (Å²) in [5.41, 5.74) is 6.60. The van der Waals surface area contributed by atoms with E-state index in [4.69, 9.17) is 18.0 Å². The molecule has 108 valence electrons. The van der Waals surface area contributed by atoms with Crippen LogP contribution < -0.4 is 15.5 Å². The molecule has 0 unspecified atom stereocenters. The van der Waals surface area contributed by atoms with Crippen LogP contribution in [0.25, 0.3) is 0 Å². The van der Waals surface area contributed by atoms with Gasteiger partial charge in [-0.25, -0.2) is 15.0 Å². The number of hydrogen-bond donors (Lipinski definition) is 1. The smallest absolute Gasteiger partial charge is 0.225 e. The van der Waals surface area contributed by atoms with Crippen molar-refractivity contribution >= 4 is 29.0 Å². The second-order valence-electron chi connectivity index (χ2n) is 4.76. The molecule has 7 heteroatoms. The average molecular weight is 300 g/mol. The van der Waals surface area contributed by atoms with Gasteiger partial charge in [-0.05, 0) is 18.2 Å². The topological polar surface area (TPSA) is 71.2 Å². The molecule has 6 nitrogen and oxygen atoms in total. The molecule has 0 bridgehead atoms. The van der Waals surface area contributed by atoms with E-state index in [9.17, 15) is 0 Å². The standard InChI is InChI=1S/C14H16N6S/c15-12(21)11-3-1-4-16-13(11)19-7-9-20(10-8-19)14-17-5-2-6-18-14/h1-6H,7-10H2,(H2,15,21). The third-order valence-electron chi connectivity index (χ3n) is 3.47. The van der Waals surface area contributed by atoms with Gasteiger partial charge in [0.1, 0.15) is 10.8 Å². The lowest BCUT2D eigenvalue weighted by Crippen LogP contribution is -2.47. The molecule has 0 spiro atoms. The predicted octanol–water partition coefficient (Wildman–Crippen LogP) is 0.832. The van der Waals surface area contributed by atoms with Gasteiger partial charge in [-0.15, -0.1) is 0 Å². The first-order valence-electron chi connectivity index (χ1n) is 6.77. The van der Waals surface area contributed by atoms with E-state index in [1.807, 2.05) is 18.2 Å². The Balaban J connectivity index is 1.73. The summed E-state index contributed by atoms with van der Waals surface area (Å²) in [6.07, 6.45) is 5.29. The van der Waals surface area contributed by atoms with Crippen LogP contribution in [0.2, 0.25) is 0 Å². The zero-order valence-corrected chi connectivity index (χ0v) is 12.3. The highest BCUT2D eigenvalue weighted by Crippen LogP contribution is 2.20. The lowest BCUT2D eigenvalue weighted by Gasteiger charge is -2.36. The summed E-state index contributed by atoms with van der Waals surface area (Å²) in [5, 5.41) is 0. The van der Waals surface area contributed by atoms with E-state index < -0.39 is 0 Å². The number of pyridine rings is 1. The van der Waals surface area contributed by atoms with Gasteiger partial charge in [-0.2, -0.15) is 0 Å². The highest BCUT2D eigenvalue weighted by Gasteiger charge is 2.21. The molecule has 2 N–H and O–H groups in total. The number of aromatic nitrogens is 3. The number of nitrogens with two attached hydrogens (primary N) is 1. The van der Waals surface area contributed by atoms with Gasteiger partial charge in [0, 0.05) is 44.8 Å². The summed E-state index contributed by atoms with van der Waals surface area (Å²) in [6, 6.07) is 5.59. The molecule has 1 saturated heterocycles. The fraction of sp³-hybridized carbons (Fsp3) is 0.286. The van der Waals surface area contributed by atoms with E-state index in [0.29, 0.717) is 4.99 Å². The first-order chi connectivity index (χ1) is 10.3. The minimum absolute atomic E-state index is 0.381. The molecular formula is C14H16N6S. The van der Waals surface area contributed by atoms with Gasteiger partial charge in [0.25, 0.3) is 0 Å². The molecule has 0 aliphatic carbocycles. The molecule has 0 aromatic carbocycles. The van der Waals surface area contributed by atoms with Crippen LogP contribution in [0.1, 0.15) is 5.56 Å². The quantitative estimate of drug-likeness (QED) is 0.842. The lowest BCUT2D eigenvalue weighted by molar-refractivity contribution is 0.634. The Bertz CT molecular complexity index is 624. The van der Waals surface area contributed by atoms with Gasteiger partial charge in [0.15, 0.2) is 0 Å². The van der Waals surface area contributed by atoms with Gasteiger partial charge in [-0.3, -0.25) is 0 Å². The third kappa shape index (κ3) is 2.92. The van der Waals surface area contributed by atoms with Crippen molar-refractivity contribution in [1.82, 2.24) is 15.0 Å². The number of thiocarbonyl (C=S) groups is 1. The van der Waals surface area contributed by atoms with Crippen molar-refractivity contribution in [3.8, 4) is 0 Å². The minimum atomic E-state index is 0.381. The van der Waals surface area contributed by atoms with E-state index in [-0.39, 0.29) is 0 Å². The van der Waals surface area contributed by atoms with Gasteiger partial charge in [0.05, 0.1) is 5.56 Å². The van der Waals surface area contributed by atoms with Crippen molar-refractivity contribution < 1.29 is 0 Å². The van der Waals surface area contributed by atoms with Crippen LogP contribution in [0.3, 0.4) is 0 Å². The minimum Gasteiger partial charge on any atom is -0.389 e. The molecule has 1 aliphatic heterocycles. The van der Waals surface area contributed by atoms with Crippen molar-refractivity contribution in [1.29, 1.82) is 0 Å². The van der Waals surface area contributed by atoms with E-state index in [2.05, 4.69) is 24.8 Å². The zero-order valence-electron chi connectivity index (χ0n) is 11.5. The van der Waals surface area contributed by atoms with E-state index in [1.54, 1.807) is 18.6 Å². The first kappa shape index (κ1) is 13.7. The number of nitrogens with zero attached hydrogens (tertiary/aromatic N) is 5. The van der Waals surface area contributed by atoms with Crippen molar-refractivity contribution in [2.24, 2.45) is 5.73 Å². The average Bonchev–Trinajstić information content (AvgIpc) is 2.56. The van der Waals surface area contributed by atoms with Crippen molar-refractivity contribution in [3.05, 3.63) is 42.4 Å². The summed E-state index contributed by atoms with van der Waals surface area (Å²) in [4.78, 5) is 17.8. The van der Waals surface area contributed by atoms with E-state index in [0.717, 1.165) is 43.5 Å². The van der Waals surface area contributed by atoms with Gasteiger partial charge in [-0.1, -0.05) is 12.2 Å². The SMILES string of the molecule is NC(=S)c1cccnc1N1CCN(c2ncccn2)CC1. The predicted molar refractivity (Wildman–Crippen MR) is 86.6 cm³/mol. The molecule has 0 amide bonds. The monoisotopic (exact) mass is 300 g/mol. The Morgan fingerprint density at radius 3 is 2.24 bits per heavy atom. The Hall–Kier alpha value is -2.28. The Morgan fingerprint density at radius 1 is 0.952 bits per heavy atom. The Morgan fingerprint density at radius 2 is 1.57 bits per heavy atom. The molecule has 3 heterocycles. The van der Waals surface area contributed by atoms with Crippen molar-refractivity contribution in [2.75, 3.05) is 36.0 Å². The summed E-state index contributed by atoms with van der Waals surface area (Å²) in [7, 11) is 0. The Labute approximate surface area is 128 Å². The maximum Gasteiger partial charge on any atom is 0.225 e. The largest absolute Gasteiger partial charge is 0.389 e. The molecule has 0 radical (unpaired) electrons. The number of rotatable bonds is 3. The van der Waals surface area contributed by atoms with Crippen LogP contribution in [0, 0.1) is 0 Å². The van der Waals surface area contributed by atoms with Crippen LogP contribution in [0.5, 0.6) is 0 Å². The molecule has 2 aromatic rings. The van der Waals surface area contributed by atoms with E-state index >= 15 is 0 Å². The maximum absolute atomic E-state index is 5.77. The van der Waals surface area contributed by atoms with Crippen LogP contribution >= 0.6 is 12.2 Å². The number of piperazine rings is 1. The third-order valence-corrected chi connectivity index (χ3v) is 3.69. The molecular weight excluding hydrogens is 284 g/mol. The van der Waals surface area contributed by atoms with Crippen LogP contribution in [0.4, 0.5) is 11.8 Å². The van der Waals surface area contributed by atoms with Crippen LogP contribution in [-0.4, -0.2) is 46.1 Å². The molecule has 0 saturated carbocycles. The van der Waals surface area contributed by atoms with Gasteiger partial charge >= 0.3 is 0 Å². The summed E-state index contributed by atoms with van der Waals surface area (Å²) in [5.74, 6) is 1.63. The van der Waals surface area contributed by atoms with Gasteiger partial charge < -0.3 is 15.5 Å². The van der Waals surface area contributed by atoms with E-state index in [1.165, 1.54) is 0 Å². The zero-order chi connectivity index (χ0) is 14.7. The summed E-state index contributed by atoms with van der Waals surface area (Å²) < 4.78 is 0. The van der Waals surface area contributed by atoms with Crippen LogP contribution in [0.15, 0.2) is 36.8 Å². The maximum atomic E-state index is 5.77. The molecule has 1 fully saturated rings. The number of hydrogen-bond acceptors (Lipinski definition) is 6. The molecule has 21 heavy (non-hydrogen) atoms. The second kappa shape index (κ2) is 6.01. The molecule has 2 aromatic heterocycles. The first-order valence-corrected chi connectivity index (χ1v) is 7.18. The fourth-order valence-corrected chi connectivity index (χ4v) is 2.57. The lowest BCUT2D eigenvalue weighted by atomic mass is 10.2. The summed E-state index contributed by atoms with van der Waals surface area (Å²) in [6.45, 7) is 3.37. The number of anilines is 2. The normalized spacial score (nSPS) is 15.0. The fourth-order valence-electron chi connectivity index (χ4n) is 2.41. The molecule has 3 rings (SSSR count). The van der Waals surface area contributed by atoms with Crippen molar-refractivity contribution in [2.45, 2.75) is 0 Å². The van der Waals surface area contributed by atoms with Gasteiger partial charge in [0.2, 0.25) is 5.95 Å². The molecule has 0 atom stereocenters. The highest BCUT2D eigenvalue weighted by atomic mass is 32.1. The molecule has 1 aliphatic rings. The van der Waals surface area contributed by atoms with Crippen molar-refractivity contribution in [3.63, 3.8) is 0 Å². The Kier molecular flexibility index (Phi) is 3.92. The van der Waals surface area contributed by atoms with Crippen LogP contribution in [-0.2, 0) is 0 Å².